The molecule has 2 N–H and O–H groups in total. The Hall–Kier alpha value is -1.22. The van der Waals surface area contributed by atoms with Crippen LogP contribution in [0.5, 0.6) is 11.5 Å². The SMILES string of the molecule is Cc1c(CCCCN)ccc2c1OCO2. The average Bonchev–Trinajstić information content (AvgIpc) is 2.70. The molecule has 0 spiro atoms. The number of unbranched alkanes of at least 4 members (excludes halogenated alkanes) is 1. The van der Waals surface area contributed by atoms with Crippen molar-refractivity contribution < 1.29 is 9.47 Å². The van der Waals surface area contributed by atoms with Crippen molar-refractivity contribution in [3.8, 4) is 11.5 Å². The van der Waals surface area contributed by atoms with Crippen LogP contribution in [0.2, 0.25) is 0 Å². The molecule has 3 nitrogen and oxygen atoms in total. The van der Waals surface area contributed by atoms with Gasteiger partial charge in [-0.05, 0) is 49.9 Å². The van der Waals surface area contributed by atoms with Crippen molar-refractivity contribution in [2.45, 2.75) is 26.2 Å². The second kappa shape index (κ2) is 4.53. The van der Waals surface area contributed by atoms with E-state index < -0.39 is 0 Å². The van der Waals surface area contributed by atoms with Gasteiger partial charge in [0.2, 0.25) is 6.79 Å². The summed E-state index contributed by atoms with van der Waals surface area (Å²) in [7, 11) is 0. The molecule has 82 valence electrons. The van der Waals surface area contributed by atoms with Crippen molar-refractivity contribution in [3.05, 3.63) is 23.3 Å². The molecule has 0 unspecified atom stereocenters. The number of nitrogens with two attached hydrogens (primary N) is 1. The van der Waals surface area contributed by atoms with Crippen LogP contribution in [-0.2, 0) is 6.42 Å². The summed E-state index contributed by atoms with van der Waals surface area (Å²) < 4.78 is 10.7. The van der Waals surface area contributed by atoms with E-state index in [4.69, 9.17) is 15.2 Å². The molecule has 0 aromatic heterocycles. The molecule has 15 heavy (non-hydrogen) atoms. The van der Waals surface area contributed by atoms with Crippen LogP contribution in [0.4, 0.5) is 0 Å². The first-order chi connectivity index (χ1) is 7.33. The topological polar surface area (TPSA) is 44.5 Å². The molecule has 0 amide bonds. The monoisotopic (exact) mass is 207 g/mol. The maximum absolute atomic E-state index is 5.48. The highest BCUT2D eigenvalue weighted by molar-refractivity contribution is 5.51. The van der Waals surface area contributed by atoms with Crippen molar-refractivity contribution >= 4 is 0 Å². The van der Waals surface area contributed by atoms with Crippen molar-refractivity contribution in [2.75, 3.05) is 13.3 Å². The van der Waals surface area contributed by atoms with Gasteiger partial charge in [-0.3, -0.25) is 0 Å². The van der Waals surface area contributed by atoms with E-state index in [-0.39, 0.29) is 0 Å². The van der Waals surface area contributed by atoms with Gasteiger partial charge >= 0.3 is 0 Å². The Kier molecular flexibility index (Phi) is 3.11. The average molecular weight is 207 g/mol. The van der Waals surface area contributed by atoms with Gasteiger partial charge in [-0.1, -0.05) is 6.07 Å². The maximum Gasteiger partial charge on any atom is 0.231 e. The molecule has 0 radical (unpaired) electrons. The Bertz CT molecular complexity index is 350. The second-order valence-electron chi connectivity index (χ2n) is 3.83. The number of ether oxygens (including phenoxy) is 2. The lowest BCUT2D eigenvalue weighted by atomic mass is 10.0. The molecule has 1 aliphatic heterocycles. The minimum absolute atomic E-state index is 0.350. The maximum atomic E-state index is 5.48. The van der Waals surface area contributed by atoms with Gasteiger partial charge in [0.15, 0.2) is 11.5 Å². The van der Waals surface area contributed by atoms with Gasteiger partial charge < -0.3 is 15.2 Å². The predicted molar refractivity (Wildman–Crippen MR) is 59.3 cm³/mol. The Labute approximate surface area is 90.2 Å². The van der Waals surface area contributed by atoms with E-state index in [1.165, 1.54) is 11.1 Å². The van der Waals surface area contributed by atoms with E-state index in [1.54, 1.807) is 0 Å². The Balaban J connectivity index is 2.12. The minimum atomic E-state index is 0.350. The first-order valence-electron chi connectivity index (χ1n) is 5.41. The highest BCUT2D eigenvalue weighted by Gasteiger charge is 2.17. The van der Waals surface area contributed by atoms with Crippen molar-refractivity contribution in [2.24, 2.45) is 5.73 Å². The number of fused-ring (bicyclic) bond motifs is 1. The van der Waals surface area contributed by atoms with E-state index >= 15 is 0 Å². The van der Waals surface area contributed by atoms with Crippen LogP contribution in [0, 0.1) is 6.92 Å². The Morgan fingerprint density at radius 3 is 2.93 bits per heavy atom. The van der Waals surface area contributed by atoms with Crippen LogP contribution in [0.25, 0.3) is 0 Å². The molecular weight excluding hydrogens is 190 g/mol. The standard InChI is InChI=1S/C12H17NO2/c1-9-10(4-2-3-7-13)5-6-11-12(9)15-8-14-11/h5-6H,2-4,7-8,13H2,1H3. The van der Waals surface area contributed by atoms with Gasteiger partial charge in [0.25, 0.3) is 0 Å². The molecule has 2 rings (SSSR count). The van der Waals surface area contributed by atoms with Gasteiger partial charge in [0.05, 0.1) is 0 Å². The molecule has 3 heteroatoms. The van der Waals surface area contributed by atoms with Crippen LogP contribution < -0.4 is 15.2 Å². The summed E-state index contributed by atoms with van der Waals surface area (Å²) in [6.07, 6.45) is 3.28. The van der Waals surface area contributed by atoms with Crippen molar-refractivity contribution in [3.63, 3.8) is 0 Å². The van der Waals surface area contributed by atoms with Crippen LogP contribution in [0.1, 0.15) is 24.0 Å². The van der Waals surface area contributed by atoms with Crippen LogP contribution >= 0.6 is 0 Å². The first-order valence-corrected chi connectivity index (χ1v) is 5.41. The molecule has 1 heterocycles. The Morgan fingerprint density at radius 1 is 1.27 bits per heavy atom. The number of hydrogen-bond donors (Lipinski definition) is 1. The fourth-order valence-electron chi connectivity index (χ4n) is 1.88. The quantitative estimate of drug-likeness (QED) is 0.768. The van der Waals surface area contributed by atoms with Gasteiger partial charge in [-0.25, -0.2) is 0 Å². The molecular formula is C12H17NO2. The van der Waals surface area contributed by atoms with E-state index in [0.29, 0.717) is 6.79 Å². The van der Waals surface area contributed by atoms with E-state index in [0.717, 1.165) is 37.3 Å². The highest BCUT2D eigenvalue weighted by atomic mass is 16.7. The number of rotatable bonds is 4. The summed E-state index contributed by atoms with van der Waals surface area (Å²) in [5.74, 6) is 1.79. The lowest BCUT2D eigenvalue weighted by molar-refractivity contribution is 0.173. The lowest BCUT2D eigenvalue weighted by Crippen LogP contribution is -2.00. The number of hydrogen-bond acceptors (Lipinski definition) is 3. The number of aryl methyl sites for hydroxylation is 1. The second-order valence-corrected chi connectivity index (χ2v) is 3.83. The fraction of sp³-hybridized carbons (Fsp3) is 0.500. The molecule has 1 aromatic rings. The Morgan fingerprint density at radius 2 is 2.13 bits per heavy atom. The third-order valence-corrected chi connectivity index (χ3v) is 2.80. The fourth-order valence-corrected chi connectivity index (χ4v) is 1.88. The third-order valence-electron chi connectivity index (χ3n) is 2.80. The van der Waals surface area contributed by atoms with Gasteiger partial charge in [-0.15, -0.1) is 0 Å². The summed E-state index contributed by atoms with van der Waals surface area (Å²) in [5, 5.41) is 0. The minimum Gasteiger partial charge on any atom is -0.454 e. The molecule has 0 bridgehead atoms. The highest BCUT2D eigenvalue weighted by Crippen LogP contribution is 2.37. The van der Waals surface area contributed by atoms with Crippen LogP contribution in [0.3, 0.4) is 0 Å². The van der Waals surface area contributed by atoms with Crippen molar-refractivity contribution in [1.82, 2.24) is 0 Å². The molecule has 0 atom stereocenters. The summed E-state index contributed by atoms with van der Waals surface area (Å²) in [6.45, 7) is 3.21. The molecule has 1 aliphatic rings. The zero-order chi connectivity index (χ0) is 10.7. The summed E-state index contributed by atoms with van der Waals surface area (Å²) >= 11 is 0. The smallest absolute Gasteiger partial charge is 0.231 e. The number of benzene rings is 1. The zero-order valence-electron chi connectivity index (χ0n) is 9.08. The molecule has 0 aliphatic carbocycles. The van der Waals surface area contributed by atoms with Gasteiger partial charge in [0.1, 0.15) is 0 Å². The molecule has 0 saturated heterocycles. The molecule has 0 saturated carbocycles. The lowest BCUT2D eigenvalue weighted by Gasteiger charge is -2.07. The molecule has 1 aromatic carbocycles. The summed E-state index contributed by atoms with van der Waals surface area (Å²) in [6, 6.07) is 4.12. The van der Waals surface area contributed by atoms with E-state index in [9.17, 15) is 0 Å². The third kappa shape index (κ3) is 2.07. The van der Waals surface area contributed by atoms with Crippen LogP contribution in [-0.4, -0.2) is 13.3 Å². The van der Waals surface area contributed by atoms with E-state index in [1.807, 2.05) is 6.07 Å². The molecule has 0 fully saturated rings. The van der Waals surface area contributed by atoms with Crippen molar-refractivity contribution in [1.29, 1.82) is 0 Å². The largest absolute Gasteiger partial charge is 0.454 e. The summed E-state index contributed by atoms with van der Waals surface area (Å²) in [5.41, 5.74) is 8.03. The normalized spacial score (nSPS) is 13.2. The van der Waals surface area contributed by atoms with Crippen LogP contribution in [0.15, 0.2) is 12.1 Å². The summed E-state index contributed by atoms with van der Waals surface area (Å²) in [4.78, 5) is 0. The first kappa shape index (κ1) is 10.3. The predicted octanol–water partition coefficient (Wildman–Crippen LogP) is 2.01. The van der Waals surface area contributed by atoms with E-state index in [2.05, 4.69) is 13.0 Å². The van der Waals surface area contributed by atoms with Gasteiger partial charge in [-0.2, -0.15) is 0 Å². The van der Waals surface area contributed by atoms with Gasteiger partial charge in [0, 0.05) is 0 Å². The zero-order valence-corrected chi connectivity index (χ0v) is 9.08.